The van der Waals surface area contributed by atoms with Gasteiger partial charge in [0.25, 0.3) is 5.91 Å². The van der Waals surface area contributed by atoms with Gasteiger partial charge in [-0.15, -0.1) is 0 Å². The second-order valence-electron chi connectivity index (χ2n) is 6.64. The molecule has 0 fully saturated rings. The molecule has 10 heteroatoms. The number of amides is 2. The molecular weight excluding hydrogens is 418 g/mol. The normalized spacial score (nSPS) is 10.6. The molecule has 0 radical (unpaired) electrons. The van der Waals surface area contributed by atoms with Crippen LogP contribution in [0.3, 0.4) is 0 Å². The Labute approximate surface area is 182 Å². The second-order valence-corrected chi connectivity index (χ2v) is 7.04. The van der Waals surface area contributed by atoms with Crippen LogP contribution in [0, 0.1) is 0 Å². The SMILES string of the molecule is O=C(CNC(=O)c1cnn(Cc2ccccc2Cl)c1)Nc1ccc(-n2cncn2)cc1. The molecule has 0 unspecified atom stereocenters. The zero-order valence-corrected chi connectivity index (χ0v) is 17.0. The van der Waals surface area contributed by atoms with Crippen LogP contribution in [0.25, 0.3) is 5.69 Å². The van der Waals surface area contributed by atoms with Gasteiger partial charge < -0.3 is 10.6 Å². The minimum Gasteiger partial charge on any atom is -0.343 e. The lowest BCUT2D eigenvalue weighted by Crippen LogP contribution is -2.32. The highest BCUT2D eigenvalue weighted by atomic mass is 35.5. The van der Waals surface area contributed by atoms with E-state index in [-0.39, 0.29) is 18.4 Å². The van der Waals surface area contributed by atoms with Crippen molar-refractivity contribution in [1.82, 2.24) is 29.9 Å². The van der Waals surface area contributed by atoms with E-state index in [1.165, 1.54) is 12.5 Å². The minimum atomic E-state index is -0.387. The van der Waals surface area contributed by atoms with Gasteiger partial charge in [0.1, 0.15) is 12.7 Å². The number of benzene rings is 2. The first-order valence-electron chi connectivity index (χ1n) is 9.37. The lowest BCUT2D eigenvalue weighted by atomic mass is 10.2. The van der Waals surface area contributed by atoms with Crippen molar-refractivity contribution >= 4 is 29.1 Å². The van der Waals surface area contributed by atoms with E-state index >= 15 is 0 Å². The average molecular weight is 436 g/mol. The molecule has 0 saturated heterocycles. The second kappa shape index (κ2) is 9.23. The maximum absolute atomic E-state index is 12.3. The molecule has 2 amide bonds. The number of hydrogen-bond donors (Lipinski definition) is 2. The lowest BCUT2D eigenvalue weighted by molar-refractivity contribution is -0.115. The summed E-state index contributed by atoms with van der Waals surface area (Å²) >= 11 is 6.16. The lowest BCUT2D eigenvalue weighted by Gasteiger charge is -2.07. The largest absolute Gasteiger partial charge is 0.343 e. The summed E-state index contributed by atoms with van der Waals surface area (Å²) in [4.78, 5) is 28.4. The number of anilines is 1. The molecule has 0 aliphatic rings. The molecule has 0 aliphatic carbocycles. The predicted molar refractivity (Wildman–Crippen MR) is 115 cm³/mol. The van der Waals surface area contributed by atoms with Crippen LogP contribution < -0.4 is 10.6 Å². The number of carbonyl (C=O) groups is 2. The number of carbonyl (C=O) groups excluding carboxylic acids is 2. The summed E-state index contributed by atoms with van der Waals surface area (Å²) in [7, 11) is 0. The van der Waals surface area contributed by atoms with Crippen molar-refractivity contribution in [2.75, 3.05) is 11.9 Å². The molecule has 2 aromatic carbocycles. The van der Waals surface area contributed by atoms with E-state index in [9.17, 15) is 9.59 Å². The van der Waals surface area contributed by atoms with Gasteiger partial charge in [-0.1, -0.05) is 29.8 Å². The maximum atomic E-state index is 12.3. The van der Waals surface area contributed by atoms with Crippen LogP contribution in [-0.4, -0.2) is 42.9 Å². The van der Waals surface area contributed by atoms with Gasteiger partial charge in [-0.3, -0.25) is 14.3 Å². The molecule has 0 atom stereocenters. The van der Waals surface area contributed by atoms with Crippen molar-refractivity contribution in [2.45, 2.75) is 6.54 Å². The van der Waals surface area contributed by atoms with Crippen LogP contribution in [0.1, 0.15) is 15.9 Å². The van der Waals surface area contributed by atoms with Crippen molar-refractivity contribution in [3.63, 3.8) is 0 Å². The van der Waals surface area contributed by atoms with E-state index in [1.807, 2.05) is 18.2 Å². The molecule has 0 spiro atoms. The van der Waals surface area contributed by atoms with Gasteiger partial charge in [0.15, 0.2) is 0 Å². The number of hydrogen-bond acceptors (Lipinski definition) is 5. The quantitative estimate of drug-likeness (QED) is 0.464. The van der Waals surface area contributed by atoms with E-state index in [1.54, 1.807) is 52.2 Å². The van der Waals surface area contributed by atoms with E-state index < -0.39 is 0 Å². The number of aromatic nitrogens is 5. The molecule has 2 heterocycles. The van der Waals surface area contributed by atoms with E-state index in [0.717, 1.165) is 11.3 Å². The number of nitrogens with zero attached hydrogens (tertiary/aromatic N) is 5. The summed E-state index contributed by atoms with van der Waals surface area (Å²) in [6.45, 7) is 0.275. The smallest absolute Gasteiger partial charge is 0.254 e. The van der Waals surface area contributed by atoms with Crippen LogP contribution in [0.4, 0.5) is 5.69 Å². The Bertz CT molecular complexity index is 1190. The summed E-state index contributed by atoms with van der Waals surface area (Å²) in [5.74, 6) is -0.729. The van der Waals surface area contributed by atoms with Gasteiger partial charge in [-0.25, -0.2) is 9.67 Å². The average Bonchev–Trinajstić information content (AvgIpc) is 3.47. The predicted octanol–water partition coefficient (Wildman–Crippen LogP) is 2.53. The van der Waals surface area contributed by atoms with Gasteiger partial charge in [0, 0.05) is 16.9 Å². The molecule has 4 rings (SSSR count). The molecule has 0 bridgehead atoms. The highest BCUT2D eigenvalue weighted by Crippen LogP contribution is 2.16. The summed E-state index contributed by atoms with van der Waals surface area (Å²) in [6, 6.07) is 14.5. The highest BCUT2D eigenvalue weighted by molar-refractivity contribution is 6.31. The van der Waals surface area contributed by atoms with Crippen LogP contribution in [0.2, 0.25) is 5.02 Å². The fourth-order valence-electron chi connectivity index (χ4n) is 2.88. The maximum Gasteiger partial charge on any atom is 0.254 e. The van der Waals surface area contributed by atoms with Gasteiger partial charge in [0.2, 0.25) is 5.91 Å². The first-order chi connectivity index (χ1) is 15.1. The van der Waals surface area contributed by atoms with Crippen molar-refractivity contribution in [1.29, 1.82) is 0 Å². The topological polar surface area (TPSA) is 107 Å². The monoisotopic (exact) mass is 435 g/mol. The Morgan fingerprint density at radius 2 is 1.84 bits per heavy atom. The third-order valence-corrected chi connectivity index (χ3v) is 4.80. The van der Waals surface area contributed by atoms with Crippen LogP contribution in [0.5, 0.6) is 0 Å². The zero-order chi connectivity index (χ0) is 21.6. The molecule has 0 saturated carbocycles. The summed E-state index contributed by atoms with van der Waals surface area (Å²) < 4.78 is 3.23. The third-order valence-electron chi connectivity index (χ3n) is 4.43. The summed E-state index contributed by atoms with van der Waals surface area (Å²) in [5.41, 5.74) is 2.68. The Morgan fingerprint density at radius 1 is 1.03 bits per heavy atom. The first kappa shape index (κ1) is 20.3. The zero-order valence-electron chi connectivity index (χ0n) is 16.3. The fourth-order valence-corrected chi connectivity index (χ4v) is 3.07. The van der Waals surface area contributed by atoms with Crippen LogP contribution >= 0.6 is 11.6 Å². The highest BCUT2D eigenvalue weighted by Gasteiger charge is 2.11. The van der Waals surface area contributed by atoms with Crippen molar-refractivity contribution in [3.05, 3.63) is 89.7 Å². The summed E-state index contributed by atoms with van der Waals surface area (Å²) in [6.07, 6.45) is 6.09. The number of rotatable bonds is 7. The third kappa shape index (κ3) is 5.14. The molecule has 2 aromatic heterocycles. The molecular formula is C21H18ClN7O2. The van der Waals surface area contributed by atoms with E-state index in [2.05, 4.69) is 25.8 Å². The molecule has 9 nitrogen and oxygen atoms in total. The summed E-state index contributed by atoms with van der Waals surface area (Å²) in [5, 5.41) is 14.2. The first-order valence-corrected chi connectivity index (χ1v) is 9.75. The number of halogens is 1. The van der Waals surface area contributed by atoms with Crippen molar-refractivity contribution < 1.29 is 9.59 Å². The Kier molecular flexibility index (Phi) is 6.04. The minimum absolute atomic E-state index is 0.167. The Balaban J connectivity index is 1.28. The molecule has 4 aromatic rings. The molecule has 156 valence electrons. The molecule has 2 N–H and O–H groups in total. The van der Waals surface area contributed by atoms with Gasteiger partial charge in [-0.05, 0) is 35.9 Å². The van der Waals surface area contributed by atoms with Gasteiger partial charge >= 0.3 is 0 Å². The van der Waals surface area contributed by atoms with E-state index in [4.69, 9.17) is 11.6 Å². The van der Waals surface area contributed by atoms with E-state index in [0.29, 0.717) is 22.8 Å². The van der Waals surface area contributed by atoms with Crippen LogP contribution in [0.15, 0.2) is 73.6 Å². The van der Waals surface area contributed by atoms with Crippen molar-refractivity contribution in [2.24, 2.45) is 0 Å². The molecule has 0 aliphatic heterocycles. The van der Waals surface area contributed by atoms with Gasteiger partial charge in [-0.2, -0.15) is 10.2 Å². The molecule has 31 heavy (non-hydrogen) atoms. The Morgan fingerprint density at radius 3 is 2.58 bits per heavy atom. The standard InChI is InChI=1S/C21H18ClN7O2/c22-19-4-2-1-3-15(19)11-28-12-16(9-25-28)21(31)24-10-20(30)27-17-5-7-18(8-6-17)29-14-23-13-26-29/h1-9,12-14H,10-11H2,(H,24,31)(H,27,30). The van der Waals surface area contributed by atoms with Crippen molar-refractivity contribution in [3.8, 4) is 5.69 Å². The van der Waals surface area contributed by atoms with Crippen LogP contribution in [-0.2, 0) is 11.3 Å². The van der Waals surface area contributed by atoms with Gasteiger partial charge in [0.05, 0.1) is 30.5 Å². The number of nitrogens with one attached hydrogen (secondary N) is 2. The fraction of sp³-hybridized carbons (Fsp3) is 0.0952. The Hall–Kier alpha value is -3.98.